The van der Waals surface area contributed by atoms with E-state index in [9.17, 15) is 18.0 Å². The minimum Gasteiger partial charge on any atom is -0.493 e. The summed E-state index contributed by atoms with van der Waals surface area (Å²) in [6.07, 6.45) is 5.05. The van der Waals surface area contributed by atoms with Gasteiger partial charge >= 0.3 is 0 Å². The molecule has 1 aliphatic carbocycles. The van der Waals surface area contributed by atoms with E-state index < -0.39 is 28.5 Å². The lowest BCUT2D eigenvalue weighted by Crippen LogP contribution is -2.53. The third kappa shape index (κ3) is 8.04. The van der Waals surface area contributed by atoms with Gasteiger partial charge in [-0.15, -0.1) is 0 Å². The number of amides is 2. The maximum Gasteiger partial charge on any atom is 0.264 e. The first-order valence-corrected chi connectivity index (χ1v) is 16.5. The van der Waals surface area contributed by atoms with E-state index in [4.69, 9.17) is 21.1 Å². The Morgan fingerprint density at radius 3 is 2.18 bits per heavy atom. The average Bonchev–Trinajstić information content (AvgIpc) is 3.03. The van der Waals surface area contributed by atoms with E-state index in [1.165, 1.54) is 49.5 Å². The highest BCUT2D eigenvalue weighted by molar-refractivity contribution is 7.92. The van der Waals surface area contributed by atoms with E-state index in [0.29, 0.717) is 10.8 Å². The van der Waals surface area contributed by atoms with E-state index in [2.05, 4.69) is 5.32 Å². The van der Waals surface area contributed by atoms with Gasteiger partial charge in [0.25, 0.3) is 10.0 Å². The second kappa shape index (κ2) is 14.8. The minimum absolute atomic E-state index is 0.0611. The number of hydrogen-bond acceptors (Lipinski definition) is 6. The van der Waals surface area contributed by atoms with Crippen molar-refractivity contribution < 1.29 is 27.5 Å². The van der Waals surface area contributed by atoms with Crippen molar-refractivity contribution in [2.75, 3.05) is 25.1 Å². The Balaban J connectivity index is 1.70. The number of nitrogens with one attached hydrogen (secondary N) is 1. The smallest absolute Gasteiger partial charge is 0.264 e. The maximum absolute atomic E-state index is 14.2. The Labute approximate surface area is 265 Å². The van der Waals surface area contributed by atoms with Crippen LogP contribution in [0.3, 0.4) is 0 Å². The molecule has 0 spiro atoms. The predicted molar refractivity (Wildman–Crippen MR) is 172 cm³/mol. The van der Waals surface area contributed by atoms with E-state index in [1.54, 1.807) is 19.1 Å². The molecule has 3 aromatic carbocycles. The van der Waals surface area contributed by atoms with Gasteiger partial charge in [0.15, 0.2) is 11.5 Å². The molecular weight excluding hydrogens is 602 g/mol. The van der Waals surface area contributed by atoms with Crippen LogP contribution in [0.15, 0.2) is 71.6 Å². The number of rotatable bonds is 12. The molecule has 1 fully saturated rings. The second-order valence-corrected chi connectivity index (χ2v) is 13.3. The van der Waals surface area contributed by atoms with Gasteiger partial charge in [0.2, 0.25) is 11.8 Å². The molecule has 11 heteroatoms. The molecule has 0 heterocycles. The van der Waals surface area contributed by atoms with Crippen LogP contribution in [0.2, 0.25) is 5.02 Å². The van der Waals surface area contributed by atoms with Crippen molar-refractivity contribution in [2.45, 2.75) is 69.5 Å². The Bertz CT molecular complexity index is 1540. The topological polar surface area (TPSA) is 105 Å². The van der Waals surface area contributed by atoms with Crippen LogP contribution < -0.4 is 19.1 Å². The van der Waals surface area contributed by atoms with Crippen LogP contribution in [0.1, 0.15) is 50.2 Å². The van der Waals surface area contributed by atoms with Crippen LogP contribution in [0.25, 0.3) is 0 Å². The fourth-order valence-electron chi connectivity index (χ4n) is 5.28. The summed E-state index contributed by atoms with van der Waals surface area (Å²) in [5.41, 5.74) is 2.12. The fourth-order valence-corrected chi connectivity index (χ4v) is 6.84. The van der Waals surface area contributed by atoms with Gasteiger partial charge in [0.1, 0.15) is 12.6 Å². The minimum atomic E-state index is -4.29. The summed E-state index contributed by atoms with van der Waals surface area (Å²) in [5, 5.41) is 3.53. The molecule has 44 heavy (non-hydrogen) atoms. The molecule has 0 unspecified atom stereocenters. The highest BCUT2D eigenvalue weighted by Gasteiger charge is 2.33. The van der Waals surface area contributed by atoms with Crippen molar-refractivity contribution in [3.8, 4) is 11.5 Å². The Morgan fingerprint density at radius 1 is 0.932 bits per heavy atom. The van der Waals surface area contributed by atoms with Gasteiger partial charge in [-0.3, -0.25) is 13.9 Å². The molecule has 0 radical (unpaired) electrons. The van der Waals surface area contributed by atoms with E-state index in [0.717, 1.165) is 47.5 Å². The van der Waals surface area contributed by atoms with Crippen LogP contribution in [0, 0.1) is 6.92 Å². The van der Waals surface area contributed by atoms with Crippen molar-refractivity contribution in [1.29, 1.82) is 0 Å². The molecule has 0 aliphatic heterocycles. The van der Waals surface area contributed by atoms with Crippen molar-refractivity contribution in [2.24, 2.45) is 0 Å². The van der Waals surface area contributed by atoms with Gasteiger partial charge in [0, 0.05) is 23.7 Å². The van der Waals surface area contributed by atoms with Gasteiger partial charge < -0.3 is 19.7 Å². The molecule has 0 aromatic heterocycles. The average molecular weight is 642 g/mol. The molecule has 1 atom stereocenters. The number of aryl methyl sites for hydroxylation is 1. The second-order valence-electron chi connectivity index (χ2n) is 11.0. The highest BCUT2D eigenvalue weighted by Crippen LogP contribution is 2.33. The van der Waals surface area contributed by atoms with E-state index in [-0.39, 0.29) is 34.8 Å². The molecule has 0 saturated heterocycles. The lowest BCUT2D eigenvalue weighted by Gasteiger charge is -2.33. The molecule has 9 nitrogen and oxygen atoms in total. The molecule has 1 aliphatic rings. The predicted octanol–water partition coefficient (Wildman–Crippen LogP) is 5.73. The molecule has 0 bridgehead atoms. The number of carbonyl (C=O) groups is 2. The van der Waals surface area contributed by atoms with Gasteiger partial charge in [-0.25, -0.2) is 8.42 Å². The number of carbonyl (C=O) groups excluding carboxylic acids is 2. The van der Waals surface area contributed by atoms with Crippen LogP contribution >= 0.6 is 11.6 Å². The molecule has 236 valence electrons. The highest BCUT2D eigenvalue weighted by atomic mass is 35.5. The Hall–Kier alpha value is -3.76. The summed E-state index contributed by atoms with van der Waals surface area (Å²) < 4.78 is 40.0. The summed E-state index contributed by atoms with van der Waals surface area (Å²) >= 11 is 6.12. The number of ether oxygens (including phenoxy) is 2. The number of benzene rings is 3. The van der Waals surface area contributed by atoms with Gasteiger partial charge in [0.05, 0.1) is 24.8 Å². The molecule has 1 N–H and O–H groups in total. The van der Waals surface area contributed by atoms with Crippen molar-refractivity contribution >= 4 is 39.1 Å². The van der Waals surface area contributed by atoms with Gasteiger partial charge in [-0.05, 0) is 68.7 Å². The first-order valence-electron chi connectivity index (χ1n) is 14.7. The summed E-state index contributed by atoms with van der Waals surface area (Å²) in [7, 11) is -1.42. The monoisotopic (exact) mass is 641 g/mol. The largest absolute Gasteiger partial charge is 0.493 e. The number of sulfonamides is 1. The number of anilines is 1. The molecule has 1 saturated carbocycles. The molecule has 4 rings (SSSR count). The zero-order valence-electron chi connectivity index (χ0n) is 25.6. The zero-order chi connectivity index (χ0) is 31.9. The normalized spacial score (nSPS) is 14.4. The van der Waals surface area contributed by atoms with Crippen molar-refractivity contribution in [3.05, 3.63) is 82.9 Å². The SMILES string of the molecule is COc1ccc(S(=O)(=O)N(CC(=O)N(Cc2ccc(C)cc2)[C@@H](C)C(=O)NC2CCCCC2)c2ccc(Cl)cc2)cc1OC. The Morgan fingerprint density at radius 2 is 1.57 bits per heavy atom. The number of nitrogens with zero attached hydrogens (tertiary/aromatic N) is 2. The van der Waals surface area contributed by atoms with Crippen LogP contribution in [0.4, 0.5) is 5.69 Å². The molecule has 3 aromatic rings. The summed E-state index contributed by atoms with van der Waals surface area (Å²) in [6.45, 7) is 3.23. The van der Waals surface area contributed by atoms with Crippen molar-refractivity contribution in [3.63, 3.8) is 0 Å². The van der Waals surface area contributed by atoms with Crippen LogP contribution in [-0.4, -0.2) is 58.0 Å². The standard InChI is InChI=1S/C33H40ClN3O6S/c1-23-10-12-25(13-11-23)21-36(24(2)33(39)35-27-8-6-5-7-9-27)32(38)22-37(28-16-14-26(34)15-17-28)44(40,41)29-18-19-30(42-3)31(20-29)43-4/h10-20,24,27H,5-9,21-22H2,1-4H3,(H,35,39)/t24-/m0/s1. The summed E-state index contributed by atoms with van der Waals surface area (Å²) in [4.78, 5) is 29.0. The van der Waals surface area contributed by atoms with Crippen molar-refractivity contribution in [1.82, 2.24) is 10.2 Å². The third-order valence-corrected chi connectivity index (χ3v) is 9.95. The molecular formula is C33H40ClN3O6S. The summed E-state index contributed by atoms with van der Waals surface area (Å²) in [6, 6.07) is 17.3. The number of methoxy groups -OCH3 is 2. The van der Waals surface area contributed by atoms with E-state index in [1.807, 2.05) is 31.2 Å². The molecule has 2 amide bonds. The lowest BCUT2D eigenvalue weighted by atomic mass is 9.95. The third-order valence-electron chi connectivity index (χ3n) is 7.93. The number of halogens is 1. The first-order chi connectivity index (χ1) is 21.0. The fraction of sp³-hybridized carbons (Fsp3) is 0.394. The first kappa shape index (κ1) is 33.1. The van der Waals surface area contributed by atoms with Crippen LogP contribution in [0.5, 0.6) is 11.5 Å². The van der Waals surface area contributed by atoms with Gasteiger partial charge in [-0.1, -0.05) is 60.7 Å². The van der Waals surface area contributed by atoms with Gasteiger partial charge in [-0.2, -0.15) is 0 Å². The number of hydrogen-bond donors (Lipinski definition) is 1. The summed E-state index contributed by atoms with van der Waals surface area (Å²) in [5.74, 6) is -0.207. The quantitative estimate of drug-likeness (QED) is 0.271. The maximum atomic E-state index is 14.2. The van der Waals surface area contributed by atoms with E-state index >= 15 is 0 Å². The lowest BCUT2D eigenvalue weighted by molar-refractivity contribution is -0.139. The zero-order valence-corrected chi connectivity index (χ0v) is 27.2. The van der Waals surface area contributed by atoms with Crippen LogP contribution in [-0.2, 0) is 26.2 Å². The Kier molecular flexibility index (Phi) is 11.2.